The fraction of sp³-hybridized carbons (Fsp3) is 0.632. The zero-order valence-electron chi connectivity index (χ0n) is 14.9. The third-order valence-corrected chi connectivity index (χ3v) is 5.44. The van der Waals surface area contributed by atoms with Gasteiger partial charge in [-0.3, -0.25) is 9.69 Å². The lowest BCUT2D eigenvalue weighted by Gasteiger charge is -2.39. The SMILES string of the molecule is O=C1N(Cc2cccc(F)c2F)CCC[C@]12CCN(CCOCCO)C2. The highest BCUT2D eigenvalue weighted by molar-refractivity contribution is 5.84. The van der Waals surface area contributed by atoms with Gasteiger partial charge in [-0.25, -0.2) is 8.78 Å². The lowest BCUT2D eigenvalue weighted by molar-refractivity contribution is -0.146. The van der Waals surface area contributed by atoms with Gasteiger partial charge in [0.2, 0.25) is 5.91 Å². The zero-order chi connectivity index (χ0) is 18.6. The molecular formula is C19H26F2N2O3. The van der Waals surface area contributed by atoms with Crippen LogP contribution >= 0.6 is 0 Å². The van der Waals surface area contributed by atoms with E-state index in [1.807, 2.05) is 0 Å². The fourth-order valence-corrected chi connectivity index (χ4v) is 4.07. The Labute approximate surface area is 152 Å². The number of rotatable bonds is 7. The monoisotopic (exact) mass is 368 g/mol. The molecule has 0 aromatic heterocycles. The molecule has 1 spiro atoms. The van der Waals surface area contributed by atoms with Crippen LogP contribution < -0.4 is 0 Å². The highest BCUT2D eigenvalue weighted by Gasteiger charge is 2.48. The van der Waals surface area contributed by atoms with E-state index in [2.05, 4.69) is 4.90 Å². The van der Waals surface area contributed by atoms with Gasteiger partial charge in [0.1, 0.15) is 0 Å². The Kier molecular flexibility index (Phi) is 6.21. The lowest BCUT2D eigenvalue weighted by atomic mass is 9.78. The van der Waals surface area contributed by atoms with Gasteiger partial charge in [-0.1, -0.05) is 12.1 Å². The maximum atomic E-state index is 14.0. The molecule has 7 heteroatoms. The second kappa shape index (κ2) is 8.41. The van der Waals surface area contributed by atoms with Crippen molar-refractivity contribution in [3.63, 3.8) is 0 Å². The van der Waals surface area contributed by atoms with Gasteiger partial charge < -0.3 is 14.7 Å². The number of benzene rings is 1. The Hall–Kier alpha value is -1.57. The molecule has 2 heterocycles. The summed E-state index contributed by atoms with van der Waals surface area (Å²) in [4.78, 5) is 17.0. The van der Waals surface area contributed by atoms with Gasteiger partial charge >= 0.3 is 0 Å². The van der Waals surface area contributed by atoms with E-state index in [1.165, 1.54) is 12.1 Å². The molecule has 5 nitrogen and oxygen atoms in total. The van der Waals surface area contributed by atoms with Crippen LogP contribution in [0.1, 0.15) is 24.8 Å². The molecule has 2 aliphatic heterocycles. The number of nitrogens with zero attached hydrogens (tertiary/aromatic N) is 2. The van der Waals surface area contributed by atoms with Gasteiger partial charge in [-0.15, -0.1) is 0 Å². The fourth-order valence-electron chi connectivity index (χ4n) is 4.07. The van der Waals surface area contributed by atoms with Crippen LogP contribution in [0.3, 0.4) is 0 Å². The van der Waals surface area contributed by atoms with Crippen LogP contribution in [0, 0.1) is 17.0 Å². The summed E-state index contributed by atoms with van der Waals surface area (Å²) in [7, 11) is 0. The van der Waals surface area contributed by atoms with E-state index < -0.39 is 17.0 Å². The number of aliphatic hydroxyl groups is 1. The van der Waals surface area contributed by atoms with Gasteiger partial charge in [0, 0.05) is 31.7 Å². The number of piperidine rings is 1. The minimum Gasteiger partial charge on any atom is -0.394 e. The minimum absolute atomic E-state index is 0.00796. The molecule has 1 N–H and O–H groups in total. The normalized spacial score (nSPS) is 24.0. The molecule has 0 bridgehead atoms. The number of aliphatic hydroxyl groups excluding tert-OH is 1. The lowest BCUT2D eigenvalue weighted by Crippen LogP contribution is -2.49. The molecule has 0 aliphatic carbocycles. The third kappa shape index (κ3) is 4.05. The van der Waals surface area contributed by atoms with E-state index in [0.29, 0.717) is 26.3 Å². The summed E-state index contributed by atoms with van der Waals surface area (Å²) >= 11 is 0. The number of amides is 1. The van der Waals surface area contributed by atoms with E-state index in [4.69, 9.17) is 9.84 Å². The Morgan fingerprint density at radius 3 is 2.85 bits per heavy atom. The molecule has 26 heavy (non-hydrogen) atoms. The Morgan fingerprint density at radius 1 is 1.19 bits per heavy atom. The molecule has 144 valence electrons. The minimum atomic E-state index is -0.878. The molecule has 1 amide bonds. The maximum absolute atomic E-state index is 14.0. The summed E-state index contributed by atoms with van der Waals surface area (Å²) in [5.74, 6) is -1.70. The summed E-state index contributed by atoms with van der Waals surface area (Å²) in [5, 5.41) is 8.74. The number of carbonyl (C=O) groups is 1. The average Bonchev–Trinajstić information content (AvgIpc) is 3.04. The van der Waals surface area contributed by atoms with Crippen molar-refractivity contribution < 1.29 is 23.4 Å². The molecular weight excluding hydrogens is 342 g/mol. The van der Waals surface area contributed by atoms with Crippen LogP contribution in [-0.4, -0.2) is 66.8 Å². The van der Waals surface area contributed by atoms with Gasteiger partial charge in [0.05, 0.1) is 25.2 Å². The average molecular weight is 368 g/mol. The van der Waals surface area contributed by atoms with Crippen LogP contribution in [0.5, 0.6) is 0 Å². The number of hydrogen-bond acceptors (Lipinski definition) is 4. The van der Waals surface area contributed by atoms with Gasteiger partial charge in [0.25, 0.3) is 0 Å². The molecule has 3 rings (SSSR count). The molecule has 2 saturated heterocycles. The molecule has 1 atom stereocenters. The zero-order valence-corrected chi connectivity index (χ0v) is 14.9. The predicted molar refractivity (Wildman–Crippen MR) is 92.4 cm³/mol. The standard InChI is InChI=1S/C19H26F2N2O3/c20-16-4-1-3-15(17(16)21)13-23-7-2-5-19(18(23)25)6-8-22(14-19)9-11-26-12-10-24/h1,3-4,24H,2,5-14H2/t19-/m1/s1. The van der Waals surface area contributed by atoms with E-state index in [0.717, 1.165) is 38.4 Å². The van der Waals surface area contributed by atoms with Crippen LogP contribution in [0.4, 0.5) is 8.78 Å². The number of carbonyl (C=O) groups excluding carboxylic acids is 1. The molecule has 0 unspecified atom stereocenters. The van der Waals surface area contributed by atoms with Gasteiger partial charge in [-0.2, -0.15) is 0 Å². The predicted octanol–water partition coefficient (Wildman–Crippen LogP) is 1.79. The Balaban J connectivity index is 1.62. The quantitative estimate of drug-likeness (QED) is 0.746. The van der Waals surface area contributed by atoms with E-state index in [1.54, 1.807) is 4.90 Å². The van der Waals surface area contributed by atoms with E-state index in [-0.39, 0.29) is 24.6 Å². The first kappa shape index (κ1) is 19.2. The Morgan fingerprint density at radius 2 is 2.04 bits per heavy atom. The number of ether oxygens (including phenoxy) is 1. The topological polar surface area (TPSA) is 53.0 Å². The summed E-state index contributed by atoms with van der Waals surface area (Å²) in [5.41, 5.74) is -0.193. The van der Waals surface area contributed by atoms with E-state index in [9.17, 15) is 13.6 Å². The summed E-state index contributed by atoms with van der Waals surface area (Å²) in [6.45, 7) is 3.79. The first-order chi connectivity index (χ1) is 12.6. The van der Waals surface area contributed by atoms with Crippen LogP contribution in [-0.2, 0) is 16.1 Å². The second-order valence-electron chi connectivity index (χ2n) is 7.19. The maximum Gasteiger partial charge on any atom is 0.230 e. The van der Waals surface area contributed by atoms with Crippen molar-refractivity contribution in [3.05, 3.63) is 35.4 Å². The highest BCUT2D eigenvalue weighted by Crippen LogP contribution is 2.40. The largest absolute Gasteiger partial charge is 0.394 e. The smallest absolute Gasteiger partial charge is 0.230 e. The number of halogens is 2. The first-order valence-corrected chi connectivity index (χ1v) is 9.19. The number of likely N-dealkylation sites (tertiary alicyclic amines) is 2. The third-order valence-electron chi connectivity index (χ3n) is 5.44. The molecule has 1 aromatic rings. The summed E-state index contributed by atoms with van der Waals surface area (Å²) in [6, 6.07) is 4.10. The van der Waals surface area contributed by atoms with Gasteiger partial charge in [-0.05, 0) is 31.9 Å². The van der Waals surface area contributed by atoms with Gasteiger partial charge in [0.15, 0.2) is 11.6 Å². The van der Waals surface area contributed by atoms with Crippen molar-refractivity contribution in [2.75, 3.05) is 46.0 Å². The van der Waals surface area contributed by atoms with Crippen molar-refractivity contribution in [1.29, 1.82) is 0 Å². The van der Waals surface area contributed by atoms with E-state index >= 15 is 0 Å². The number of hydrogen-bond donors (Lipinski definition) is 1. The highest BCUT2D eigenvalue weighted by atomic mass is 19.2. The van der Waals surface area contributed by atoms with Crippen molar-refractivity contribution >= 4 is 5.91 Å². The molecule has 2 fully saturated rings. The van der Waals surface area contributed by atoms with Crippen molar-refractivity contribution in [1.82, 2.24) is 9.80 Å². The van der Waals surface area contributed by atoms with Crippen LogP contribution in [0.2, 0.25) is 0 Å². The molecule has 2 aliphatic rings. The molecule has 1 aromatic carbocycles. The van der Waals surface area contributed by atoms with Crippen LogP contribution in [0.15, 0.2) is 18.2 Å². The summed E-state index contributed by atoms with van der Waals surface area (Å²) in [6.07, 6.45) is 2.49. The van der Waals surface area contributed by atoms with Crippen molar-refractivity contribution in [3.8, 4) is 0 Å². The second-order valence-corrected chi connectivity index (χ2v) is 7.19. The molecule has 0 saturated carbocycles. The van der Waals surface area contributed by atoms with Crippen molar-refractivity contribution in [2.45, 2.75) is 25.8 Å². The first-order valence-electron chi connectivity index (χ1n) is 9.19. The Bertz CT molecular complexity index is 643. The summed E-state index contributed by atoms with van der Waals surface area (Å²) < 4.78 is 32.7. The van der Waals surface area contributed by atoms with Crippen LogP contribution in [0.25, 0.3) is 0 Å². The molecule has 0 radical (unpaired) electrons. The van der Waals surface area contributed by atoms with Crippen molar-refractivity contribution in [2.24, 2.45) is 5.41 Å².